The molecular formula is C17H31N3O3. The van der Waals surface area contributed by atoms with E-state index in [1.54, 1.807) is 0 Å². The summed E-state index contributed by atoms with van der Waals surface area (Å²) in [7, 11) is 2.10. The number of aliphatic hydroxyl groups excluding tert-OH is 1. The van der Waals surface area contributed by atoms with Gasteiger partial charge in [-0.1, -0.05) is 6.42 Å². The number of hydrogen-bond acceptors (Lipinski definition) is 5. The first-order valence-electron chi connectivity index (χ1n) is 9.11. The zero-order valence-electron chi connectivity index (χ0n) is 14.3. The molecule has 1 amide bonds. The molecule has 6 nitrogen and oxygen atoms in total. The molecule has 2 heterocycles. The summed E-state index contributed by atoms with van der Waals surface area (Å²) < 4.78 is 5.65. The lowest BCUT2D eigenvalue weighted by Crippen LogP contribution is -2.52. The van der Waals surface area contributed by atoms with Crippen LogP contribution in [-0.4, -0.2) is 97.4 Å². The van der Waals surface area contributed by atoms with E-state index in [1.165, 1.54) is 0 Å². The molecule has 0 radical (unpaired) electrons. The Bertz CT molecular complexity index is 399. The first-order chi connectivity index (χ1) is 11.1. The van der Waals surface area contributed by atoms with Crippen molar-refractivity contribution >= 4 is 5.91 Å². The number of nitrogens with zero attached hydrogens (tertiary/aromatic N) is 3. The maximum absolute atomic E-state index is 12.4. The predicted molar refractivity (Wildman–Crippen MR) is 88.2 cm³/mol. The normalized spacial score (nSPS) is 34.0. The largest absolute Gasteiger partial charge is 0.393 e. The van der Waals surface area contributed by atoms with E-state index >= 15 is 0 Å². The molecule has 23 heavy (non-hydrogen) atoms. The van der Waals surface area contributed by atoms with Crippen molar-refractivity contribution in [1.29, 1.82) is 0 Å². The quantitative estimate of drug-likeness (QED) is 0.789. The van der Waals surface area contributed by atoms with Gasteiger partial charge in [-0.25, -0.2) is 0 Å². The monoisotopic (exact) mass is 325 g/mol. The minimum absolute atomic E-state index is 0.197. The third-order valence-electron chi connectivity index (χ3n) is 5.78. The van der Waals surface area contributed by atoms with Crippen LogP contribution in [0.3, 0.4) is 0 Å². The smallest absolute Gasteiger partial charge is 0.223 e. The second-order valence-corrected chi connectivity index (χ2v) is 7.27. The van der Waals surface area contributed by atoms with Crippen LogP contribution < -0.4 is 0 Å². The Morgan fingerprint density at radius 1 is 1.17 bits per heavy atom. The Kier molecular flexibility index (Phi) is 5.91. The van der Waals surface area contributed by atoms with E-state index in [-0.39, 0.29) is 18.1 Å². The van der Waals surface area contributed by atoms with Crippen molar-refractivity contribution in [2.75, 3.05) is 59.5 Å². The number of likely N-dealkylation sites (N-methyl/N-ethyl adjacent to an activating group) is 1. The summed E-state index contributed by atoms with van der Waals surface area (Å²) >= 11 is 0. The second kappa shape index (κ2) is 7.92. The fraction of sp³-hybridized carbons (Fsp3) is 0.941. The van der Waals surface area contributed by atoms with Gasteiger partial charge in [-0.15, -0.1) is 0 Å². The van der Waals surface area contributed by atoms with E-state index < -0.39 is 0 Å². The first-order valence-corrected chi connectivity index (χ1v) is 9.11. The average Bonchev–Trinajstić information content (AvgIpc) is 2.99. The Labute approximate surface area is 139 Å². The number of ether oxygens (including phenoxy) is 1. The number of carbonyl (C=O) groups excluding carboxylic acids is 1. The van der Waals surface area contributed by atoms with E-state index in [9.17, 15) is 9.90 Å². The molecule has 0 spiro atoms. The van der Waals surface area contributed by atoms with Crippen molar-refractivity contribution in [2.24, 2.45) is 5.92 Å². The van der Waals surface area contributed by atoms with Crippen molar-refractivity contribution < 1.29 is 14.6 Å². The van der Waals surface area contributed by atoms with Gasteiger partial charge in [0.15, 0.2) is 0 Å². The highest BCUT2D eigenvalue weighted by Crippen LogP contribution is 2.32. The van der Waals surface area contributed by atoms with Gasteiger partial charge in [0.2, 0.25) is 5.91 Å². The number of rotatable bonds is 4. The highest BCUT2D eigenvalue weighted by molar-refractivity contribution is 5.76. The van der Waals surface area contributed by atoms with Crippen LogP contribution in [0.2, 0.25) is 0 Å². The molecular weight excluding hydrogens is 294 g/mol. The summed E-state index contributed by atoms with van der Waals surface area (Å²) in [6, 6.07) is 0.279. The van der Waals surface area contributed by atoms with E-state index in [2.05, 4.69) is 16.8 Å². The van der Waals surface area contributed by atoms with Gasteiger partial charge in [0.25, 0.3) is 0 Å². The summed E-state index contributed by atoms with van der Waals surface area (Å²) in [4.78, 5) is 19.1. The van der Waals surface area contributed by atoms with Gasteiger partial charge in [0, 0.05) is 57.6 Å². The Hall–Kier alpha value is -0.690. The van der Waals surface area contributed by atoms with Crippen LogP contribution in [0, 0.1) is 5.92 Å². The molecule has 0 aromatic heterocycles. The van der Waals surface area contributed by atoms with Crippen LogP contribution in [0.25, 0.3) is 0 Å². The molecule has 0 aromatic carbocycles. The lowest BCUT2D eigenvalue weighted by Gasteiger charge is -2.40. The second-order valence-electron chi connectivity index (χ2n) is 7.27. The van der Waals surface area contributed by atoms with Crippen molar-refractivity contribution in [3.63, 3.8) is 0 Å². The molecule has 3 rings (SSSR count). The molecule has 2 saturated heterocycles. The molecule has 0 aromatic rings. The van der Waals surface area contributed by atoms with Gasteiger partial charge < -0.3 is 19.6 Å². The predicted octanol–water partition coefficient (Wildman–Crippen LogP) is 0.0123. The third-order valence-corrected chi connectivity index (χ3v) is 5.78. The molecule has 1 N–H and O–H groups in total. The van der Waals surface area contributed by atoms with Crippen molar-refractivity contribution in [3.05, 3.63) is 0 Å². The van der Waals surface area contributed by atoms with Crippen molar-refractivity contribution in [1.82, 2.24) is 14.7 Å². The highest BCUT2D eigenvalue weighted by atomic mass is 16.5. The van der Waals surface area contributed by atoms with Crippen LogP contribution in [0.15, 0.2) is 0 Å². The Morgan fingerprint density at radius 3 is 2.65 bits per heavy atom. The lowest BCUT2D eigenvalue weighted by atomic mass is 9.94. The summed E-state index contributed by atoms with van der Waals surface area (Å²) in [5.41, 5.74) is 0. The first kappa shape index (κ1) is 17.1. The summed E-state index contributed by atoms with van der Waals surface area (Å²) in [5, 5.41) is 10.2. The van der Waals surface area contributed by atoms with Gasteiger partial charge in [-0.3, -0.25) is 9.69 Å². The zero-order valence-corrected chi connectivity index (χ0v) is 14.3. The molecule has 0 bridgehead atoms. The molecule has 1 saturated carbocycles. The standard InChI is InChI=1S/C17H31N3O3/c1-18-7-9-20(10-8-18)17(22)5-6-19-11-12-23-13-15(19)14-3-2-4-16(14)21/h14-16,21H,2-13H2,1H3/t14-,15-,16-/m1/s1. The van der Waals surface area contributed by atoms with Gasteiger partial charge in [0.05, 0.1) is 19.3 Å². The van der Waals surface area contributed by atoms with Gasteiger partial charge >= 0.3 is 0 Å². The van der Waals surface area contributed by atoms with Crippen LogP contribution >= 0.6 is 0 Å². The molecule has 3 aliphatic rings. The molecule has 3 atom stereocenters. The topological polar surface area (TPSA) is 56.2 Å². The number of aliphatic hydroxyl groups is 1. The summed E-state index contributed by atoms with van der Waals surface area (Å²) in [5.74, 6) is 0.587. The maximum atomic E-state index is 12.4. The maximum Gasteiger partial charge on any atom is 0.223 e. The van der Waals surface area contributed by atoms with Crippen LogP contribution in [0.4, 0.5) is 0 Å². The third kappa shape index (κ3) is 4.24. The number of hydrogen-bond donors (Lipinski definition) is 1. The minimum Gasteiger partial charge on any atom is -0.393 e. The molecule has 3 fully saturated rings. The Morgan fingerprint density at radius 2 is 1.96 bits per heavy atom. The summed E-state index contributed by atoms with van der Waals surface area (Å²) in [6.07, 6.45) is 3.49. The fourth-order valence-corrected chi connectivity index (χ4v) is 4.20. The van der Waals surface area contributed by atoms with Crippen LogP contribution in [0.5, 0.6) is 0 Å². The number of carbonyl (C=O) groups is 1. The number of piperazine rings is 1. The number of amides is 1. The molecule has 2 aliphatic heterocycles. The van der Waals surface area contributed by atoms with Crippen LogP contribution in [0.1, 0.15) is 25.7 Å². The van der Waals surface area contributed by atoms with Gasteiger partial charge in [-0.05, 0) is 19.9 Å². The lowest BCUT2D eigenvalue weighted by molar-refractivity contribution is -0.134. The zero-order chi connectivity index (χ0) is 16.2. The SMILES string of the molecule is CN1CCN(C(=O)CCN2CCOC[C@@H]2[C@H]2CCC[C@H]2O)CC1. The summed E-state index contributed by atoms with van der Waals surface area (Å²) in [6.45, 7) is 6.76. The van der Waals surface area contributed by atoms with Crippen molar-refractivity contribution in [3.8, 4) is 0 Å². The van der Waals surface area contributed by atoms with E-state index in [4.69, 9.17) is 4.74 Å². The molecule has 1 aliphatic carbocycles. The molecule has 0 unspecified atom stereocenters. The van der Waals surface area contributed by atoms with E-state index in [0.29, 0.717) is 18.9 Å². The average molecular weight is 325 g/mol. The Balaban J connectivity index is 1.50. The van der Waals surface area contributed by atoms with Gasteiger partial charge in [0.1, 0.15) is 0 Å². The van der Waals surface area contributed by atoms with E-state index in [0.717, 1.165) is 65.1 Å². The highest BCUT2D eigenvalue weighted by Gasteiger charge is 2.37. The molecule has 132 valence electrons. The molecule has 6 heteroatoms. The van der Waals surface area contributed by atoms with Crippen molar-refractivity contribution in [2.45, 2.75) is 37.8 Å². The number of morpholine rings is 1. The van der Waals surface area contributed by atoms with Crippen LogP contribution in [-0.2, 0) is 9.53 Å². The minimum atomic E-state index is -0.197. The van der Waals surface area contributed by atoms with Gasteiger partial charge in [-0.2, -0.15) is 0 Å². The fourth-order valence-electron chi connectivity index (χ4n) is 4.20. The van der Waals surface area contributed by atoms with E-state index in [1.807, 2.05) is 4.90 Å².